The second-order valence-corrected chi connectivity index (χ2v) is 7.74. The Hall–Kier alpha value is -2.37. The molecule has 1 aromatic carbocycles. The second-order valence-electron chi connectivity index (χ2n) is 7.74. The van der Waals surface area contributed by atoms with Gasteiger partial charge in [-0.3, -0.25) is 14.4 Å². The fourth-order valence-corrected chi connectivity index (χ4v) is 5.14. The topological polar surface area (TPSA) is 81.7 Å². The number of fused-ring (bicyclic) bond motifs is 1. The molecule has 6 nitrogen and oxygen atoms in total. The van der Waals surface area contributed by atoms with E-state index in [1.165, 1.54) is 0 Å². The fourth-order valence-electron chi connectivity index (χ4n) is 5.14. The van der Waals surface area contributed by atoms with Crippen LogP contribution in [0.1, 0.15) is 37.8 Å². The van der Waals surface area contributed by atoms with Gasteiger partial charge in [-0.15, -0.1) is 0 Å². The number of anilines is 1. The second kappa shape index (κ2) is 6.98. The van der Waals surface area contributed by atoms with Crippen molar-refractivity contribution in [2.45, 2.75) is 45.6 Å². The zero-order valence-electron chi connectivity index (χ0n) is 15.7. The number of ether oxygens (including phenoxy) is 2. The highest BCUT2D eigenvalue weighted by molar-refractivity contribution is 5.95. The summed E-state index contributed by atoms with van der Waals surface area (Å²) in [6.07, 6.45) is 3.18. The summed E-state index contributed by atoms with van der Waals surface area (Å²) in [7, 11) is 0. The van der Waals surface area contributed by atoms with Crippen molar-refractivity contribution in [3.63, 3.8) is 0 Å². The lowest BCUT2D eigenvalue weighted by Crippen LogP contribution is -2.35. The minimum Gasteiger partial charge on any atom is -0.462 e. The summed E-state index contributed by atoms with van der Waals surface area (Å²) in [5, 5.41) is 2.90. The van der Waals surface area contributed by atoms with Crippen LogP contribution in [0.2, 0.25) is 0 Å². The Morgan fingerprint density at radius 1 is 1.19 bits per heavy atom. The molecule has 0 aromatic heterocycles. The van der Waals surface area contributed by atoms with Gasteiger partial charge in [-0.05, 0) is 42.7 Å². The van der Waals surface area contributed by atoms with Crippen LogP contribution in [0.4, 0.5) is 5.69 Å². The SMILES string of the molecule is CCc1cccc(CC)c1NC(=O)COC(=O)[C@H]1[C@H]2C[C@@H]3[C@@H]1C(=O)O[C@@H]3C2. The lowest BCUT2D eigenvalue weighted by Gasteiger charge is -2.22. The molecule has 2 saturated carbocycles. The number of esters is 2. The molecule has 5 atom stereocenters. The van der Waals surface area contributed by atoms with Gasteiger partial charge in [-0.1, -0.05) is 32.0 Å². The van der Waals surface area contributed by atoms with Gasteiger partial charge in [-0.2, -0.15) is 0 Å². The Morgan fingerprint density at radius 2 is 1.89 bits per heavy atom. The molecular formula is C21H25NO5. The number of benzene rings is 1. The molecule has 2 bridgehead atoms. The number of hydrogen-bond donors (Lipinski definition) is 1. The van der Waals surface area contributed by atoms with E-state index in [-0.39, 0.29) is 42.3 Å². The molecule has 1 saturated heterocycles. The monoisotopic (exact) mass is 371 g/mol. The number of hydrogen-bond acceptors (Lipinski definition) is 5. The zero-order valence-corrected chi connectivity index (χ0v) is 15.7. The van der Waals surface area contributed by atoms with Crippen LogP contribution < -0.4 is 5.32 Å². The van der Waals surface area contributed by atoms with Crippen LogP contribution in [0.15, 0.2) is 18.2 Å². The molecule has 1 aliphatic heterocycles. The van der Waals surface area contributed by atoms with E-state index < -0.39 is 11.9 Å². The normalized spacial score (nSPS) is 30.3. The summed E-state index contributed by atoms with van der Waals surface area (Å²) in [6.45, 7) is 3.74. The van der Waals surface area contributed by atoms with Crippen molar-refractivity contribution in [1.82, 2.24) is 0 Å². The Balaban J connectivity index is 1.38. The molecule has 27 heavy (non-hydrogen) atoms. The number of carbonyl (C=O) groups excluding carboxylic acids is 3. The third kappa shape index (κ3) is 3.01. The molecule has 4 rings (SSSR count). The van der Waals surface area contributed by atoms with E-state index in [9.17, 15) is 14.4 Å². The molecule has 3 aliphatic rings. The average molecular weight is 371 g/mol. The first-order valence-corrected chi connectivity index (χ1v) is 9.81. The summed E-state index contributed by atoms with van der Waals surface area (Å²) in [4.78, 5) is 37.0. The Kier molecular flexibility index (Phi) is 4.66. The van der Waals surface area contributed by atoms with E-state index >= 15 is 0 Å². The molecule has 1 aromatic rings. The number of aryl methyl sites for hydroxylation is 2. The molecule has 1 N–H and O–H groups in total. The molecule has 144 valence electrons. The Labute approximate surface area is 158 Å². The summed E-state index contributed by atoms with van der Waals surface area (Å²) < 4.78 is 10.6. The summed E-state index contributed by atoms with van der Waals surface area (Å²) in [5.74, 6) is -1.62. The van der Waals surface area contributed by atoms with Gasteiger partial charge in [-0.25, -0.2) is 0 Å². The predicted octanol–water partition coefficient (Wildman–Crippen LogP) is 2.49. The number of carbonyl (C=O) groups is 3. The summed E-state index contributed by atoms with van der Waals surface area (Å²) >= 11 is 0. The Morgan fingerprint density at radius 3 is 2.56 bits per heavy atom. The molecule has 0 unspecified atom stereocenters. The van der Waals surface area contributed by atoms with Crippen molar-refractivity contribution in [2.75, 3.05) is 11.9 Å². The summed E-state index contributed by atoms with van der Waals surface area (Å²) in [6, 6.07) is 5.95. The molecule has 0 radical (unpaired) electrons. The summed E-state index contributed by atoms with van der Waals surface area (Å²) in [5.41, 5.74) is 2.93. The highest BCUT2D eigenvalue weighted by atomic mass is 16.6. The van der Waals surface area contributed by atoms with Crippen LogP contribution in [0.3, 0.4) is 0 Å². The standard InChI is InChI=1S/C21H25NO5/c1-3-11-6-5-7-12(4-2)19(11)22-16(23)10-26-20(24)17-13-8-14-15(9-13)27-21(25)18(14)17/h5-7,13-15,17-18H,3-4,8-10H2,1-2H3,(H,22,23)/t13-,14-,15+,17-,18-/m0/s1. The average Bonchev–Trinajstić information content (AvgIpc) is 3.28. The molecule has 1 amide bonds. The van der Waals surface area contributed by atoms with E-state index in [2.05, 4.69) is 5.32 Å². The van der Waals surface area contributed by atoms with E-state index in [0.29, 0.717) is 0 Å². The van der Waals surface area contributed by atoms with Gasteiger partial charge < -0.3 is 14.8 Å². The zero-order chi connectivity index (χ0) is 19.1. The van der Waals surface area contributed by atoms with Crippen molar-refractivity contribution >= 4 is 23.5 Å². The number of nitrogens with one attached hydrogen (secondary N) is 1. The van der Waals surface area contributed by atoms with Gasteiger partial charge in [0.25, 0.3) is 5.91 Å². The van der Waals surface area contributed by atoms with Crippen molar-refractivity contribution in [3.05, 3.63) is 29.3 Å². The molecule has 3 fully saturated rings. The van der Waals surface area contributed by atoms with Crippen molar-refractivity contribution in [2.24, 2.45) is 23.7 Å². The molecule has 2 aliphatic carbocycles. The lowest BCUT2D eigenvalue weighted by molar-refractivity contribution is -0.157. The van der Waals surface area contributed by atoms with Crippen LogP contribution >= 0.6 is 0 Å². The van der Waals surface area contributed by atoms with E-state index in [4.69, 9.17) is 9.47 Å². The van der Waals surface area contributed by atoms with Crippen LogP contribution in [-0.2, 0) is 36.7 Å². The van der Waals surface area contributed by atoms with Gasteiger partial charge in [0, 0.05) is 11.6 Å². The van der Waals surface area contributed by atoms with Gasteiger partial charge in [0.05, 0.1) is 11.8 Å². The van der Waals surface area contributed by atoms with E-state index in [0.717, 1.165) is 42.5 Å². The van der Waals surface area contributed by atoms with Gasteiger partial charge in [0.1, 0.15) is 6.10 Å². The minimum atomic E-state index is -0.455. The van der Waals surface area contributed by atoms with Gasteiger partial charge >= 0.3 is 11.9 Å². The molecular weight excluding hydrogens is 346 g/mol. The first-order valence-electron chi connectivity index (χ1n) is 9.81. The highest BCUT2D eigenvalue weighted by Gasteiger charge is 2.64. The molecule has 1 heterocycles. The number of para-hydroxylation sites is 1. The number of amides is 1. The van der Waals surface area contributed by atoms with Gasteiger partial charge in [0.2, 0.25) is 0 Å². The maximum atomic E-state index is 12.6. The van der Waals surface area contributed by atoms with Crippen LogP contribution in [-0.4, -0.2) is 30.6 Å². The Bertz CT molecular complexity index is 765. The van der Waals surface area contributed by atoms with Gasteiger partial charge in [0.15, 0.2) is 6.61 Å². The smallest absolute Gasteiger partial charge is 0.310 e. The third-order valence-corrected chi connectivity index (χ3v) is 6.36. The van der Waals surface area contributed by atoms with Crippen LogP contribution in [0.5, 0.6) is 0 Å². The predicted molar refractivity (Wildman–Crippen MR) is 97.9 cm³/mol. The van der Waals surface area contributed by atoms with Crippen LogP contribution in [0, 0.1) is 23.7 Å². The largest absolute Gasteiger partial charge is 0.462 e. The van der Waals surface area contributed by atoms with Crippen LogP contribution in [0.25, 0.3) is 0 Å². The molecule has 6 heteroatoms. The maximum Gasteiger partial charge on any atom is 0.310 e. The van der Waals surface area contributed by atoms with Crippen molar-refractivity contribution < 1.29 is 23.9 Å². The quantitative estimate of drug-likeness (QED) is 0.777. The minimum absolute atomic E-state index is 0.0159. The number of rotatable bonds is 6. The third-order valence-electron chi connectivity index (χ3n) is 6.36. The van der Waals surface area contributed by atoms with E-state index in [1.54, 1.807) is 0 Å². The molecule has 0 spiro atoms. The van der Waals surface area contributed by atoms with Crippen molar-refractivity contribution in [3.8, 4) is 0 Å². The fraction of sp³-hybridized carbons (Fsp3) is 0.571. The highest BCUT2D eigenvalue weighted by Crippen LogP contribution is 2.57. The first-order chi connectivity index (χ1) is 13.0. The van der Waals surface area contributed by atoms with Crippen molar-refractivity contribution in [1.29, 1.82) is 0 Å². The maximum absolute atomic E-state index is 12.6. The van der Waals surface area contributed by atoms with E-state index in [1.807, 2.05) is 32.0 Å². The lowest BCUT2D eigenvalue weighted by atomic mass is 9.80. The first kappa shape index (κ1) is 18.0.